The minimum absolute atomic E-state index is 0.0787. The third-order valence-corrected chi connectivity index (χ3v) is 2.19. The standard InChI is InChI=1S/C9H7N3O3/c1-5-2-3-6(12(14)15)8-7(13)4-10-11-9(5)8/h2-4H,1H3,(H,11,13). The normalized spacial score (nSPS) is 10.5. The molecule has 2 aromatic rings. The second-order valence-electron chi connectivity index (χ2n) is 3.14. The third-order valence-electron chi connectivity index (χ3n) is 2.19. The fraction of sp³-hybridized carbons (Fsp3) is 0.111. The number of hydrogen-bond donors (Lipinski definition) is 1. The summed E-state index contributed by atoms with van der Waals surface area (Å²) in [7, 11) is 0. The molecule has 0 unspecified atom stereocenters. The number of H-pyrrole nitrogens is 1. The van der Waals surface area contributed by atoms with E-state index in [4.69, 9.17) is 0 Å². The molecule has 0 radical (unpaired) electrons. The lowest BCUT2D eigenvalue weighted by Crippen LogP contribution is -2.06. The van der Waals surface area contributed by atoms with Crippen LogP contribution in [0.25, 0.3) is 10.9 Å². The zero-order valence-corrected chi connectivity index (χ0v) is 7.85. The van der Waals surface area contributed by atoms with Crippen LogP contribution in [0.5, 0.6) is 0 Å². The van der Waals surface area contributed by atoms with Gasteiger partial charge in [0.15, 0.2) is 0 Å². The van der Waals surface area contributed by atoms with Crippen molar-refractivity contribution in [3.05, 3.63) is 44.2 Å². The minimum Gasteiger partial charge on any atom is -0.287 e. The van der Waals surface area contributed by atoms with Crippen LogP contribution in [0.1, 0.15) is 5.56 Å². The predicted molar refractivity (Wildman–Crippen MR) is 53.8 cm³/mol. The topological polar surface area (TPSA) is 88.9 Å². The summed E-state index contributed by atoms with van der Waals surface area (Å²) in [6.07, 6.45) is 1.04. The van der Waals surface area contributed by atoms with Crippen LogP contribution in [0, 0.1) is 17.0 Å². The summed E-state index contributed by atoms with van der Waals surface area (Å²) < 4.78 is 0. The van der Waals surface area contributed by atoms with E-state index in [1.54, 1.807) is 13.0 Å². The number of fused-ring (bicyclic) bond motifs is 1. The Morgan fingerprint density at radius 2 is 2.20 bits per heavy atom. The number of nitrogens with one attached hydrogen (secondary N) is 1. The number of aromatic amines is 1. The highest BCUT2D eigenvalue weighted by atomic mass is 16.6. The molecule has 0 saturated carbocycles. The Hall–Kier alpha value is -2.24. The van der Waals surface area contributed by atoms with Crippen molar-refractivity contribution in [2.24, 2.45) is 0 Å². The molecule has 0 spiro atoms. The number of benzene rings is 1. The number of aryl methyl sites for hydroxylation is 1. The van der Waals surface area contributed by atoms with Crippen LogP contribution in [0.4, 0.5) is 5.69 Å². The zero-order valence-electron chi connectivity index (χ0n) is 7.85. The first-order valence-corrected chi connectivity index (χ1v) is 4.22. The first-order valence-electron chi connectivity index (χ1n) is 4.22. The maximum atomic E-state index is 11.5. The van der Waals surface area contributed by atoms with Crippen molar-refractivity contribution < 1.29 is 4.92 Å². The fourth-order valence-corrected chi connectivity index (χ4v) is 1.46. The molecule has 0 aliphatic carbocycles. The zero-order chi connectivity index (χ0) is 11.0. The Morgan fingerprint density at radius 3 is 2.87 bits per heavy atom. The lowest BCUT2D eigenvalue weighted by atomic mass is 10.1. The van der Waals surface area contributed by atoms with Crippen molar-refractivity contribution >= 4 is 16.6 Å². The van der Waals surface area contributed by atoms with Crippen LogP contribution in [-0.2, 0) is 0 Å². The average Bonchev–Trinajstić information content (AvgIpc) is 2.19. The van der Waals surface area contributed by atoms with Crippen LogP contribution >= 0.6 is 0 Å². The van der Waals surface area contributed by atoms with Crippen LogP contribution in [0.15, 0.2) is 23.1 Å². The summed E-state index contributed by atoms with van der Waals surface area (Å²) in [6, 6.07) is 2.91. The number of nitro benzene ring substituents is 1. The Balaban J connectivity index is 3.03. The second-order valence-corrected chi connectivity index (χ2v) is 3.14. The van der Waals surface area contributed by atoms with Crippen LogP contribution in [0.3, 0.4) is 0 Å². The van der Waals surface area contributed by atoms with Crippen molar-refractivity contribution in [3.63, 3.8) is 0 Å². The maximum Gasteiger partial charge on any atom is 0.282 e. The van der Waals surface area contributed by atoms with Crippen molar-refractivity contribution in [2.75, 3.05) is 0 Å². The molecule has 76 valence electrons. The van der Waals surface area contributed by atoms with Crippen molar-refractivity contribution in [1.29, 1.82) is 0 Å². The molecule has 0 fully saturated rings. The van der Waals surface area contributed by atoms with Gasteiger partial charge >= 0.3 is 0 Å². The van der Waals surface area contributed by atoms with Crippen LogP contribution < -0.4 is 5.43 Å². The van der Waals surface area contributed by atoms with Gasteiger partial charge in [-0.15, -0.1) is 0 Å². The molecule has 0 aliphatic heterocycles. The highest BCUT2D eigenvalue weighted by Gasteiger charge is 2.16. The predicted octanol–water partition coefficient (Wildman–Crippen LogP) is 1.14. The van der Waals surface area contributed by atoms with E-state index >= 15 is 0 Å². The lowest BCUT2D eigenvalue weighted by molar-refractivity contribution is -0.383. The molecule has 6 nitrogen and oxygen atoms in total. The molecule has 0 saturated heterocycles. The van der Waals surface area contributed by atoms with Crippen molar-refractivity contribution in [1.82, 2.24) is 10.2 Å². The average molecular weight is 205 g/mol. The van der Waals surface area contributed by atoms with E-state index in [-0.39, 0.29) is 11.1 Å². The molecule has 6 heteroatoms. The van der Waals surface area contributed by atoms with E-state index in [2.05, 4.69) is 10.2 Å². The van der Waals surface area contributed by atoms with Gasteiger partial charge in [-0.2, -0.15) is 5.10 Å². The van der Waals surface area contributed by atoms with Gasteiger partial charge in [0.2, 0.25) is 5.43 Å². The van der Waals surface area contributed by atoms with Gasteiger partial charge in [0.1, 0.15) is 5.39 Å². The van der Waals surface area contributed by atoms with E-state index in [0.29, 0.717) is 5.52 Å². The number of nitrogens with zero attached hydrogens (tertiary/aromatic N) is 2. The molecule has 0 amide bonds. The Morgan fingerprint density at radius 1 is 1.47 bits per heavy atom. The summed E-state index contributed by atoms with van der Waals surface area (Å²) >= 11 is 0. The molecule has 15 heavy (non-hydrogen) atoms. The molecule has 0 atom stereocenters. The number of non-ortho nitro benzene ring substituents is 1. The largest absolute Gasteiger partial charge is 0.287 e. The SMILES string of the molecule is Cc1ccc([N+](=O)[O-])c2c(=O)cn[nH]c12. The van der Waals surface area contributed by atoms with E-state index in [1.165, 1.54) is 6.07 Å². The Labute approximate surface area is 83.7 Å². The maximum absolute atomic E-state index is 11.5. The summed E-state index contributed by atoms with van der Waals surface area (Å²) in [4.78, 5) is 21.6. The molecule has 0 aliphatic rings. The first-order chi connectivity index (χ1) is 7.11. The summed E-state index contributed by atoms with van der Waals surface area (Å²) in [5.74, 6) is 0. The highest BCUT2D eigenvalue weighted by molar-refractivity contribution is 5.89. The molecule has 1 aromatic heterocycles. The number of nitro groups is 1. The van der Waals surface area contributed by atoms with Crippen LogP contribution in [0.2, 0.25) is 0 Å². The minimum atomic E-state index is -0.572. The Kier molecular flexibility index (Phi) is 1.96. The van der Waals surface area contributed by atoms with E-state index in [1.807, 2.05) is 0 Å². The molecule has 2 rings (SSSR count). The number of hydrogen-bond acceptors (Lipinski definition) is 4. The van der Waals surface area contributed by atoms with E-state index in [9.17, 15) is 14.9 Å². The van der Waals surface area contributed by atoms with Gasteiger partial charge in [-0.1, -0.05) is 6.07 Å². The smallest absolute Gasteiger partial charge is 0.282 e. The van der Waals surface area contributed by atoms with Gasteiger partial charge in [0.05, 0.1) is 16.6 Å². The van der Waals surface area contributed by atoms with E-state index in [0.717, 1.165) is 11.8 Å². The van der Waals surface area contributed by atoms with Gasteiger partial charge in [0, 0.05) is 6.07 Å². The molecule has 0 bridgehead atoms. The highest BCUT2D eigenvalue weighted by Crippen LogP contribution is 2.22. The monoisotopic (exact) mass is 205 g/mol. The number of rotatable bonds is 1. The van der Waals surface area contributed by atoms with E-state index < -0.39 is 10.4 Å². The molecule has 1 N–H and O–H groups in total. The van der Waals surface area contributed by atoms with Gasteiger partial charge < -0.3 is 0 Å². The van der Waals surface area contributed by atoms with Crippen molar-refractivity contribution in [3.8, 4) is 0 Å². The van der Waals surface area contributed by atoms with Gasteiger partial charge in [0.25, 0.3) is 5.69 Å². The third kappa shape index (κ3) is 1.35. The van der Waals surface area contributed by atoms with Gasteiger partial charge in [-0.05, 0) is 12.5 Å². The molecule has 1 aromatic carbocycles. The second kappa shape index (κ2) is 3.16. The van der Waals surface area contributed by atoms with Gasteiger partial charge in [-0.25, -0.2) is 0 Å². The van der Waals surface area contributed by atoms with Gasteiger partial charge in [-0.3, -0.25) is 20.0 Å². The molecular formula is C9H7N3O3. The quantitative estimate of drug-likeness (QED) is 0.558. The lowest BCUT2D eigenvalue weighted by Gasteiger charge is -2.00. The first kappa shape index (κ1) is 9.32. The van der Waals surface area contributed by atoms with Crippen LogP contribution in [-0.4, -0.2) is 15.1 Å². The summed E-state index contributed by atoms with van der Waals surface area (Å²) in [5, 5.41) is 17.0. The van der Waals surface area contributed by atoms with Crippen molar-refractivity contribution in [2.45, 2.75) is 6.92 Å². The fourth-order valence-electron chi connectivity index (χ4n) is 1.46. The molecule has 1 heterocycles. The number of aromatic nitrogens is 2. The molecular weight excluding hydrogens is 198 g/mol. The summed E-state index contributed by atoms with van der Waals surface area (Å²) in [5.41, 5.74) is 0.524. The Bertz CT molecular complexity index is 603. The summed E-state index contributed by atoms with van der Waals surface area (Å²) in [6.45, 7) is 1.75.